The van der Waals surface area contributed by atoms with Crippen LogP contribution in [0.4, 0.5) is 22.0 Å². The van der Waals surface area contributed by atoms with Gasteiger partial charge in [-0.1, -0.05) is 0 Å². The Hall–Kier alpha value is -2.45. The largest absolute Gasteiger partial charge is 0.478 e. The molecule has 0 fully saturated rings. The van der Waals surface area contributed by atoms with Crippen LogP contribution in [0.5, 0.6) is 0 Å². The van der Waals surface area contributed by atoms with Crippen LogP contribution in [-0.2, 0) is 6.18 Å². The Balaban J connectivity index is 2.68. The van der Waals surface area contributed by atoms with E-state index in [4.69, 9.17) is 5.11 Å². The molecule has 0 unspecified atom stereocenters. The van der Waals surface area contributed by atoms with Crippen LogP contribution in [0.3, 0.4) is 0 Å². The van der Waals surface area contributed by atoms with Crippen LogP contribution < -0.4 is 0 Å². The SMILES string of the molecule is O=C(O)c1cnn(-c2ccc(F)c(F)c2)c1C(F)(F)F. The third-order valence-corrected chi connectivity index (χ3v) is 2.42. The number of hydrogen-bond donors (Lipinski definition) is 1. The summed E-state index contributed by atoms with van der Waals surface area (Å²) in [6.45, 7) is 0. The zero-order valence-electron chi connectivity index (χ0n) is 9.45. The van der Waals surface area contributed by atoms with Crippen molar-refractivity contribution in [3.8, 4) is 5.69 Å². The van der Waals surface area contributed by atoms with Crippen molar-refractivity contribution >= 4 is 5.97 Å². The highest BCUT2D eigenvalue weighted by Gasteiger charge is 2.40. The first kappa shape index (κ1) is 14.0. The minimum absolute atomic E-state index is 0.200. The smallest absolute Gasteiger partial charge is 0.434 e. The quantitative estimate of drug-likeness (QED) is 0.866. The Labute approximate surface area is 108 Å². The van der Waals surface area contributed by atoms with E-state index in [9.17, 15) is 26.7 Å². The lowest BCUT2D eigenvalue weighted by atomic mass is 10.2. The zero-order valence-corrected chi connectivity index (χ0v) is 9.45. The predicted octanol–water partition coefficient (Wildman–Crippen LogP) is 2.87. The number of rotatable bonds is 2. The highest BCUT2D eigenvalue weighted by molar-refractivity contribution is 5.89. The van der Waals surface area contributed by atoms with Gasteiger partial charge in [0.25, 0.3) is 0 Å². The van der Waals surface area contributed by atoms with E-state index in [0.29, 0.717) is 18.3 Å². The van der Waals surface area contributed by atoms with E-state index in [-0.39, 0.29) is 4.68 Å². The number of halogens is 5. The number of carboxylic acids is 1. The monoisotopic (exact) mass is 292 g/mol. The van der Waals surface area contributed by atoms with Crippen molar-refractivity contribution in [2.24, 2.45) is 0 Å². The molecule has 0 aliphatic heterocycles. The van der Waals surface area contributed by atoms with Gasteiger partial charge in [-0.2, -0.15) is 18.3 Å². The second-order valence-electron chi connectivity index (χ2n) is 3.72. The standard InChI is InChI=1S/C11H5F5N2O2/c12-7-2-1-5(3-8(7)13)18-9(11(14,15)16)6(4-17-18)10(19)20/h1-4H,(H,19,20). The van der Waals surface area contributed by atoms with Gasteiger partial charge in [-0.05, 0) is 12.1 Å². The summed E-state index contributed by atoms with van der Waals surface area (Å²) >= 11 is 0. The van der Waals surface area contributed by atoms with Gasteiger partial charge in [0.15, 0.2) is 17.3 Å². The molecule has 0 radical (unpaired) electrons. The molecule has 1 N–H and O–H groups in total. The number of carbonyl (C=O) groups is 1. The first-order chi connectivity index (χ1) is 9.21. The topological polar surface area (TPSA) is 55.1 Å². The van der Waals surface area contributed by atoms with Crippen molar-refractivity contribution in [1.29, 1.82) is 0 Å². The number of carboxylic acid groups (broad SMARTS) is 1. The predicted molar refractivity (Wildman–Crippen MR) is 55.4 cm³/mol. The van der Waals surface area contributed by atoms with Crippen molar-refractivity contribution in [2.45, 2.75) is 6.18 Å². The molecule has 0 spiro atoms. The van der Waals surface area contributed by atoms with E-state index < -0.39 is 40.7 Å². The molecule has 0 bridgehead atoms. The van der Waals surface area contributed by atoms with Gasteiger partial charge in [0.05, 0.1) is 11.9 Å². The molecule has 1 heterocycles. The van der Waals surface area contributed by atoms with Crippen molar-refractivity contribution in [3.05, 3.63) is 47.3 Å². The molecule has 2 aromatic rings. The van der Waals surface area contributed by atoms with Crippen LogP contribution in [0.1, 0.15) is 16.1 Å². The van der Waals surface area contributed by atoms with Crippen LogP contribution in [-0.4, -0.2) is 20.9 Å². The van der Waals surface area contributed by atoms with Gasteiger partial charge in [-0.3, -0.25) is 0 Å². The summed E-state index contributed by atoms with van der Waals surface area (Å²) in [6, 6.07) is 1.96. The molecule has 9 heteroatoms. The van der Waals surface area contributed by atoms with E-state index in [1.165, 1.54) is 0 Å². The van der Waals surface area contributed by atoms with Crippen LogP contribution in [0.25, 0.3) is 5.69 Å². The average molecular weight is 292 g/mol. The van der Waals surface area contributed by atoms with Crippen LogP contribution in [0.15, 0.2) is 24.4 Å². The first-order valence-corrected chi connectivity index (χ1v) is 5.05. The maximum absolute atomic E-state index is 13.0. The van der Waals surface area contributed by atoms with Gasteiger partial charge in [0, 0.05) is 6.07 Å². The number of nitrogens with zero attached hydrogens (tertiary/aromatic N) is 2. The minimum Gasteiger partial charge on any atom is -0.478 e. The van der Waals surface area contributed by atoms with Gasteiger partial charge in [-0.25, -0.2) is 18.3 Å². The molecule has 0 aliphatic rings. The Bertz CT molecular complexity index is 678. The Morgan fingerprint density at radius 1 is 1.20 bits per heavy atom. The summed E-state index contributed by atoms with van der Waals surface area (Å²) in [4.78, 5) is 10.7. The summed E-state index contributed by atoms with van der Waals surface area (Å²) in [5.74, 6) is -4.44. The lowest BCUT2D eigenvalue weighted by molar-refractivity contribution is -0.143. The molecule has 1 aromatic carbocycles. The number of hydrogen-bond acceptors (Lipinski definition) is 2. The maximum atomic E-state index is 13.0. The second-order valence-corrected chi connectivity index (χ2v) is 3.72. The van der Waals surface area contributed by atoms with Crippen molar-refractivity contribution in [1.82, 2.24) is 9.78 Å². The molecule has 0 amide bonds. The van der Waals surface area contributed by atoms with Gasteiger partial charge in [-0.15, -0.1) is 0 Å². The fourth-order valence-electron chi connectivity index (χ4n) is 1.59. The molecular formula is C11H5F5N2O2. The highest BCUT2D eigenvalue weighted by atomic mass is 19.4. The first-order valence-electron chi connectivity index (χ1n) is 5.05. The number of benzene rings is 1. The van der Waals surface area contributed by atoms with Crippen molar-refractivity contribution in [2.75, 3.05) is 0 Å². The lowest BCUT2D eigenvalue weighted by Gasteiger charge is -2.11. The van der Waals surface area contributed by atoms with E-state index in [1.54, 1.807) is 0 Å². The van der Waals surface area contributed by atoms with E-state index >= 15 is 0 Å². The molecule has 106 valence electrons. The number of alkyl halides is 3. The van der Waals surface area contributed by atoms with Crippen LogP contribution in [0.2, 0.25) is 0 Å². The summed E-state index contributed by atoms with van der Waals surface area (Å²) in [7, 11) is 0. The number of aromatic carboxylic acids is 1. The molecule has 0 aliphatic carbocycles. The van der Waals surface area contributed by atoms with Crippen LogP contribution in [0, 0.1) is 11.6 Å². The lowest BCUT2D eigenvalue weighted by Crippen LogP contribution is -2.17. The summed E-state index contributed by atoms with van der Waals surface area (Å²) in [6.07, 6.45) is -4.53. The van der Waals surface area contributed by atoms with Crippen molar-refractivity contribution < 1.29 is 31.9 Å². The fraction of sp³-hybridized carbons (Fsp3) is 0.0909. The molecule has 0 saturated carbocycles. The average Bonchev–Trinajstić information content (AvgIpc) is 2.77. The second kappa shape index (κ2) is 4.58. The van der Waals surface area contributed by atoms with Gasteiger partial charge in [0.1, 0.15) is 5.56 Å². The van der Waals surface area contributed by atoms with E-state index in [1.807, 2.05) is 0 Å². The third-order valence-electron chi connectivity index (χ3n) is 2.42. The van der Waals surface area contributed by atoms with Gasteiger partial charge >= 0.3 is 12.1 Å². The van der Waals surface area contributed by atoms with E-state index in [0.717, 1.165) is 6.07 Å². The molecule has 0 atom stereocenters. The summed E-state index contributed by atoms with van der Waals surface area (Å²) < 4.78 is 64.6. The summed E-state index contributed by atoms with van der Waals surface area (Å²) in [5, 5.41) is 12.0. The third kappa shape index (κ3) is 2.33. The highest BCUT2D eigenvalue weighted by Crippen LogP contribution is 2.33. The fourth-order valence-corrected chi connectivity index (χ4v) is 1.59. The van der Waals surface area contributed by atoms with Gasteiger partial charge < -0.3 is 5.11 Å². The molecule has 0 saturated heterocycles. The maximum Gasteiger partial charge on any atom is 0.434 e. The molecule has 4 nitrogen and oxygen atoms in total. The normalized spacial score (nSPS) is 11.7. The molecule has 20 heavy (non-hydrogen) atoms. The van der Waals surface area contributed by atoms with Gasteiger partial charge in [0.2, 0.25) is 0 Å². The number of aromatic nitrogens is 2. The van der Waals surface area contributed by atoms with Crippen molar-refractivity contribution in [3.63, 3.8) is 0 Å². The van der Waals surface area contributed by atoms with Crippen LogP contribution >= 0.6 is 0 Å². The zero-order chi connectivity index (χ0) is 15.1. The molecule has 1 aromatic heterocycles. The Kier molecular flexibility index (Phi) is 3.20. The molecular weight excluding hydrogens is 287 g/mol. The minimum atomic E-state index is -5.02. The molecule has 2 rings (SSSR count). The Morgan fingerprint density at radius 2 is 1.85 bits per heavy atom. The Morgan fingerprint density at radius 3 is 2.35 bits per heavy atom. The van der Waals surface area contributed by atoms with E-state index in [2.05, 4.69) is 5.10 Å². The summed E-state index contributed by atoms with van der Waals surface area (Å²) in [5.41, 5.74) is -3.10.